The molecule has 1 aromatic heterocycles. The molecule has 1 aliphatic heterocycles. The minimum Gasteiger partial charge on any atom is -0.496 e. The van der Waals surface area contributed by atoms with E-state index in [-0.39, 0.29) is 5.52 Å². The molecule has 0 radical (unpaired) electrons. The second-order valence-electron chi connectivity index (χ2n) is 8.03. The van der Waals surface area contributed by atoms with Crippen LogP contribution in [0.4, 0.5) is 4.39 Å². The zero-order valence-electron chi connectivity index (χ0n) is 16.7. The van der Waals surface area contributed by atoms with E-state index in [0.29, 0.717) is 22.3 Å². The van der Waals surface area contributed by atoms with Crippen molar-refractivity contribution in [2.24, 2.45) is 0 Å². The molecular formula is C22H23BFNO3. The molecule has 1 saturated heterocycles. The first-order chi connectivity index (χ1) is 13.2. The van der Waals surface area contributed by atoms with Crippen LogP contribution in [0.1, 0.15) is 27.7 Å². The number of rotatable bonds is 3. The van der Waals surface area contributed by atoms with Gasteiger partial charge in [-0.05, 0) is 33.8 Å². The molecule has 0 aliphatic carbocycles. The highest BCUT2D eigenvalue weighted by Crippen LogP contribution is 2.37. The van der Waals surface area contributed by atoms with Gasteiger partial charge >= 0.3 is 7.12 Å². The molecular weight excluding hydrogens is 356 g/mol. The summed E-state index contributed by atoms with van der Waals surface area (Å²) in [6, 6.07) is 15.0. The second kappa shape index (κ2) is 6.57. The Kier molecular flexibility index (Phi) is 4.44. The van der Waals surface area contributed by atoms with Crippen LogP contribution >= 0.6 is 0 Å². The highest BCUT2D eigenvalue weighted by atomic mass is 19.1. The van der Waals surface area contributed by atoms with Crippen molar-refractivity contribution >= 4 is 23.5 Å². The van der Waals surface area contributed by atoms with E-state index in [4.69, 9.17) is 14.0 Å². The van der Waals surface area contributed by atoms with Gasteiger partial charge in [-0.1, -0.05) is 36.4 Å². The molecule has 1 aliphatic rings. The molecule has 1 fully saturated rings. The van der Waals surface area contributed by atoms with Crippen LogP contribution < -0.4 is 10.2 Å². The van der Waals surface area contributed by atoms with Gasteiger partial charge in [0.25, 0.3) is 0 Å². The Balaban J connectivity index is 1.87. The summed E-state index contributed by atoms with van der Waals surface area (Å²) in [5.41, 5.74) is 1.03. The topological polar surface area (TPSA) is 40.6 Å². The largest absolute Gasteiger partial charge is 0.497 e. The van der Waals surface area contributed by atoms with Gasteiger partial charge in [0.1, 0.15) is 17.1 Å². The SMILES string of the molecule is COc1cc(-c2ccccc2)nc2c(F)c(B3OC(C)(C)C(C)(C)O3)ccc12. The van der Waals surface area contributed by atoms with Crippen molar-refractivity contribution in [2.75, 3.05) is 7.11 Å². The smallest absolute Gasteiger partial charge is 0.496 e. The Hall–Kier alpha value is -2.44. The number of fused-ring (bicyclic) bond motifs is 1. The number of benzene rings is 2. The van der Waals surface area contributed by atoms with Crippen molar-refractivity contribution < 1.29 is 18.4 Å². The van der Waals surface area contributed by atoms with E-state index < -0.39 is 24.1 Å². The summed E-state index contributed by atoms with van der Waals surface area (Å²) in [5.74, 6) is 0.121. The summed E-state index contributed by atoms with van der Waals surface area (Å²) < 4.78 is 33.1. The Bertz CT molecular complexity index is 1020. The Morgan fingerprint density at radius 1 is 0.964 bits per heavy atom. The maximum atomic E-state index is 15.6. The monoisotopic (exact) mass is 379 g/mol. The quantitative estimate of drug-likeness (QED) is 0.635. The molecule has 144 valence electrons. The number of hydrogen-bond donors (Lipinski definition) is 0. The van der Waals surface area contributed by atoms with Gasteiger partial charge in [-0.3, -0.25) is 0 Å². The van der Waals surface area contributed by atoms with Gasteiger partial charge in [-0.15, -0.1) is 0 Å². The first-order valence-electron chi connectivity index (χ1n) is 9.32. The van der Waals surface area contributed by atoms with E-state index >= 15 is 4.39 Å². The number of methoxy groups -OCH3 is 1. The van der Waals surface area contributed by atoms with Crippen LogP contribution in [-0.2, 0) is 9.31 Å². The third-order valence-electron chi connectivity index (χ3n) is 5.71. The summed E-state index contributed by atoms with van der Waals surface area (Å²) in [4.78, 5) is 4.59. The summed E-state index contributed by atoms with van der Waals surface area (Å²) in [5, 5.41) is 0.611. The molecule has 0 spiro atoms. The van der Waals surface area contributed by atoms with Gasteiger partial charge in [0, 0.05) is 22.5 Å². The molecule has 2 aromatic carbocycles. The molecule has 4 nitrogen and oxygen atoms in total. The molecule has 0 saturated carbocycles. The third-order valence-corrected chi connectivity index (χ3v) is 5.71. The van der Waals surface area contributed by atoms with Crippen LogP contribution in [0.25, 0.3) is 22.2 Å². The van der Waals surface area contributed by atoms with Gasteiger partial charge in [0.15, 0.2) is 0 Å². The molecule has 4 rings (SSSR count). The van der Waals surface area contributed by atoms with E-state index in [9.17, 15) is 0 Å². The molecule has 0 atom stereocenters. The number of hydrogen-bond acceptors (Lipinski definition) is 4. The first-order valence-corrected chi connectivity index (χ1v) is 9.32. The number of pyridine rings is 1. The number of halogens is 1. The van der Waals surface area contributed by atoms with Crippen molar-refractivity contribution in [3.63, 3.8) is 0 Å². The van der Waals surface area contributed by atoms with E-state index in [1.54, 1.807) is 19.2 Å². The maximum Gasteiger partial charge on any atom is 0.497 e. The van der Waals surface area contributed by atoms with Gasteiger partial charge in [0.05, 0.1) is 24.0 Å². The lowest BCUT2D eigenvalue weighted by atomic mass is 9.78. The lowest BCUT2D eigenvalue weighted by molar-refractivity contribution is 0.00578. The van der Waals surface area contributed by atoms with Crippen molar-refractivity contribution in [1.82, 2.24) is 4.98 Å². The standard InChI is InChI=1S/C22H23BFNO3/c1-21(2)22(3,4)28-23(27-21)16-12-11-15-18(26-5)13-17(25-20(15)19(16)24)14-9-7-6-8-10-14/h6-13H,1-5H3. The fourth-order valence-corrected chi connectivity index (χ4v) is 3.32. The van der Waals surface area contributed by atoms with Gasteiger partial charge in [-0.2, -0.15) is 0 Å². The van der Waals surface area contributed by atoms with Crippen molar-refractivity contribution in [2.45, 2.75) is 38.9 Å². The van der Waals surface area contributed by atoms with Crippen LogP contribution in [0.3, 0.4) is 0 Å². The molecule has 0 unspecified atom stereocenters. The third kappa shape index (κ3) is 2.97. The number of nitrogens with zero attached hydrogens (tertiary/aromatic N) is 1. The van der Waals surface area contributed by atoms with E-state index in [2.05, 4.69) is 4.98 Å². The molecule has 2 heterocycles. The second-order valence-corrected chi connectivity index (χ2v) is 8.03. The van der Waals surface area contributed by atoms with E-state index in [1.165, 1.54) is 0 Å². The van der Waals surface area contributed by atoms with Crippen LogP contribution in [0.5, 0.6) is 5.75 Å². The van der Waals surface area contributed by atoms with Crippen molar-refractivity contribution in [1.29, 1.82) is 0 Å². The van der Waals surface area contributed by atoms with E-state index in [0.717, 1.165) is 5.56 Å². The average Bonchev–Trinajstić information content (AvgIpc) is 2.89. The Labute approximate surface area is 164 Å². The summed E-state index contributed by atoms with van der Waals surface area (Å²) in [6.45, 7) is 7.78. The minimum atomic E-state index is -0.789. The van der Waals surface area contributed by atoms with Gasteiger partial charge in [-0.25, -0.2) is 9.37 Å². The molecule has 0 N–H and O–H groups in total. The zero-order chi connectivity index (χ0) is 20.1. The molecule has 28 heavy (non-hydrogen) atoms. The molecule has 3 aromatic rings. The highest BCUT2D eigenvalue weighted by molar-refractivity contribution is 6.62. The summed E-state index contributed by atoms with van der Waals surface area (Å²) in [6.07, 6.45) is 0. The predicted octanol–water partition coefficient (Wildman–Crippen LogP) is 4.35. The van der Waals surface area contributed by atoms with Gasteiger partial charge in [0.2, 0.25) is 0 Å². The summed E-state index contributed by atoms with van der Waals surface area (Å²) in [7, 11) is 0.784. The summed E-state index contributed by atoms with van der Waals surface area (Å²) >= 11 is 0. The Morgan fingerprint density at radius 2 is 1.61 bits per heavy atom. The van der Waals surface area contributed by atoms with Crippen molar-refractivity contribution in [3.8, 4) is 17.0 Å². The molecule has 0 amide bonds. The van der Waals surface area contributed by atoms with Crippen LogP contribution in [0, 0.1) is 5.82 Å². The number of ether oxygens (including phenoxy) is 1. The van der Waals surface area contributed by atoms with Crippen LogP contribution in [0.2, 0.25) is 0 Å². The van der Waals surface area contributed by atoms with E-state index in [1.807, 2.05) is 64.1 Å². The lowest BCUT2D eigenvalue weighted by Crippen LogP contribution is -2.41. The Morgan fingerprint density at radius 3 is 2.21 bits per heavy atom. The lowest BCUT2D eigenvalue weighted by Gasteiger charge is -2.32. The predicted molar refractivity (Wildman–Crippen MR) is 109 cm³/mol. The zero-order valence-corrected chi connectivity index (χ0v) is 16.7. The van der Waals surface area contributed by atoms with Crippen LogP contribution in [-0.4, -0.2) is 30.4 Å². The van der Waals surface area contributed by atoms with Crippen molar-refractivity contribution in [3.05, 3.63) is 54.3 Å². The normalized spacial score (nSPS) is 17.9. The molecule has 6 heteroatoms. The fraction of sp³-hybridized carbons (Fsp3) is 0.318. The average molecular weight is 379 g/mol. The maximum absolute atomic E-state index is 15.6. The fourth-order valence-electron chi connectivity index (χ4n) is 3.32. The minimum absolute atomic E-state index is 0.241. The van der Waals surface area contributed by atoms with Gasteiger partial charge < -0.3 is 14.0 Å². The van der Waals surface area contributed by atoms with Crippen LogP contribution in [0.15, 0.2) is 48.5 Å². The highest BCUT2D eigenvalue weighted by Gasteiger charge is 2.52. The first kappa shape index (κ1) is 18.9. The molecule has 0 bridgehead atoms. The number of aromatic nitrogens is 1.